The molecule has 3 heteroatoms. The molecule has 1 fully saturated rings. The molecule has 0 aromatic rings. The molecular formula is C8H13BrO2. The standard InChI is InChI=1S/C8H13BrO2/c1-8(7(10)6-9)2-4-11-5-3-8/h2-6H2,1H3. The minimum absolute atomic E-state index is 0.123. The molecular weight excluding hydrogens is 208 g/mol. The minimum atomic E-state index is -0.123. The van der Waals surface area contributed by atoms with Crippen molar-refractivity contribution in [3.05, 3.63) is 0 Å². The number of ether oxygens (including phenoxy) is 1. The molecule has 0 spiro atoms. The number of alkyl halides is 1. The molecule has 0 aromatic carbocycles. The summed E-state index contributed by atoms with van der Waals surface area (Å²) in [5.74, 6) is 0.306. The summed E-state index contributed by atoms with van der Waals surface area (Å²) >= 11 is 3.20. The van der Waals surface area contributed by atoms with Crippen LogP contribution >= 0.6 is 15.9 Å². The average Bonchev–Trinajstić information content (AvgIpc) is 2.04. The molecule has 11 heavy (non-hydrogen) atoms. The number of rotatable bonds is 2. The quantitative estimate of drug-likeness (QED) is 0.664. The van der Waals surface area contributed by atoms with Crippen LogP contribution < -0.4 is 0 Å². The van der Waals surface area contributed by atoms with E-state index in [9.17, 15) is 4.79 Å². The van der Waals surface area contributed by atoms with Crippen molar-refractivity contribution in [1.29, 1.82) is 0 Å². The Morgan fingerprint density at radius 1 is 1.55 bits per heavy atom. The Morgan fingerprint density at radius 2 is 2.09 bits per heavy atom. The van der Waals surface area contributed by atoms with Gasteiger partial charge in [-0.2, -0.15) is 0 Å². The zero-order chi connectivity index (χ0) is 8.32. The van der Waals surface area contributed by atoms with Gasteiger partial charge in [0.1, 0.15) is 5.78 Å². The van der Waals surface area contributed by atoms with Crippen LogP contribution in [-0.2, 0) is 9.53 Å². The van der Waals surface area contributed by atoms with Crippen molar-refractivity contribution in [2.75, 3.05) is 18.5 Å². The first-order valence-corrected chi connectivity index (χ1v) is 4.98. The Labute approximate surface area is 75.4 Å². The first-order valence-electron chi connectivity index (χ1n) is 3.86. The van der Waals surface area contributed by atoms with Crippen molar-refractivity contribution in [3.8, 4) is 0 Å². The van der Waals surface area contributed by atoms with E-state index in [1.807, 2.05) is 6.92 Å². The third-order valence-corrected chi connectivity index (χ3v) is 2.90. The van der Waals surface area contributed by atoms with Crippen LogP contribution in [0.15, 0.2) is 0 Å². The highest BCUT2D eigenvalue weighted by atomic mass is 79.9. The first kappa shape index (κ1) is 9.20. The fourth-order valence-electron chi connectivity index (χ4n) is 1.26. The molecule has 0 radical (unpaired) electrons. The number of carbonyl (C=O) groups excluding carboxylic acids is 1. The number of halogens is 1. The van der Waals surface area contributed by atoms with Gasteiger partial charge in [-0.15, -0.1) is 0 Å². The molecule has 0 bridgehead atoms. The lowest BCUT2D eigenvalue weighted by atomic mass is 9.79. The molecule has 0 N–H and O–H groups in total. The van der Waals surface area contributed by atoms with Gasteiger partial charge in [-0.1, -0.05) is 22.9 Å². The second-order valence-corrected chi connectivity index (χ2v) is 3.79. The van der Waals surface area contributed by atoms with Crippen molar-refractivity contribution in [2.45, 2.75) is 19.8 Å². The molecule has 2 nitrogen and oxygen atoms in total. The van der Waals surface area contributed by atoms with Crippen LogP contribution in [-0.4, -0.2) is 24.3 Å². The summed E-state index contributed by atoms with van der Waals surface area (Å²) in [6.07, 6.45) is 1.74. The molecule has 1 heterocycles. The molecule has 0 atom stereocenters. The van der Waals surface area contributed by atoms with Gasteiger partial charge in [0.15, 0.2) is 0 Å². The Bertz CT molecular complexity index is 150. The second-order valence-electron chi connectivity index (χ2n) is 3.23. The number of carbonyl (C=O) groups is 1. The monoisotopic (exact) mass is 220 g/mol. The van der Waals surface area contributed by atoms with Crippen LogP contribution in [0.25, 0.3) is 0 Å². The molecule has 1 aliphatic heterocycles. The molecule has 0 aromatic heterocycles. The van der Waals surface area contributed by atoms with E-state index in [-0.39, 0.29) is 5.41 Å². The van der Waals surface area contributed by atoms with Crippen molar-refractivity contribution >= 4 is 21.7 Å². The lowest BCUT2D eigenvalue weighted by molar-refractivity contribution is -0.130. The van der Waals surface area contributed by atoms with Crippen molar-refractivity contribution in [3.63, 3.8) is 0 Å². The highest BCUT2D eigenvalue weighted by Gasteiger charge is 2.33. The zero-order valence-electron chi connectivity index (χ0n) is 6.73. The predicted octanol–water partition coefficient (Wildman–Crippen LogP) is 1.77. The van der Waals surface area contributed by atoms with Crippen LogP contribution in [0.5, 0.6) is 0 Å². The number of Topliss-reactive ketones (excluding diaryl/α,β-unsaturated/α-hetero) is 1. The van der Waals surface area contributed by atoms with Gasteiger partial charge in [-0.25, -0.2) is 0 Å². The van der Waals surface area contributed by atoms with Crippen LogP contribution in [0.3, 0.4) is 0 Å². The summed E-state index contributed by atoms with van der Waals surface area (Å²) in [7, 11) is 0. The summed E-state index contributed by atoms with van der Waals surface area (Å²) in [6.45, 7) is 3.49. The van der Waals surface area contributed by atoms with Crippen LogP contribution in [0.1, 0.15) is 19.8 Å². The average molecular weight is 221 g/mol. The van der Waals surface area contributed by atoms with Gasteiger partial charge in [0.25, 0.3) is 0 Å². The normalized spacial score (nSPS) is 23.1. The zero-order valence-corrected chi connectivity index (χ0v) is 8.32. The van der Waals surface area contributed by atoms with E-state index < -0.39 is 0 Å². The highest BCUT2D eigenvalue weighted by molar-refractivity contribution is 9.09. The van der Waals surface area contributed by atoms with E-state index in [0.717, 1.165) is 26.1 Å². The van der Waals surface area contributed by atoms with Gasteiger partial charge in [-0.3, -0.25) is 4.79 Å². The summed E-state index contributed by atoms with van der Waals surface area (Å²) < 4.78 is 5.19. The van der Waals surface area contributed by atoms with E-state index in [1.165, 1.54) is 0 Å². The van der Waals surface area contributed by atoms with Gasteiger partial charge in [0, 0.05) is 18.6 Å². The molecule has 1 saturated heterocycles. The Morgan fingerprint density at radius 3 is 2.55 bits per heavy atom. The van der Waals surface area contributed by atoms with Gasteiger partial charge in [0.05, 0.1) is 5.33 Å². The fraction of sp³-hybridized carbons (Fsp3) is 0.875. The second kappa shape index (κ2) is 3.68. The highest BCUT2D eigenvalue weighted by Crippen LogP contribution is 2.31. The minimum Gasteiger partial charge on any atom is -0.381 e. The summed E-state index contributed by atoms with van der Waals surface area (Å²) in [5, 5.41) is 0.476. The van der Waals surface area contributed by atoms with Crippen molar-refractivity contribution < 1.29 is 9.53 Å². The maximum Gasteiger partial charge on any atom is 0.149 e. The smallest absolute Gasteiger partial charge is 0.149 e. The molecule has 1 rings (SSSR count). The largest absolute Gasteiger partial charge is 0.381 e. The summed E-state index contributed by atoms with van der Waals surface area (Å²) in [5.41, 5.74) is -0.123. The topological polar surface area (TPSA) is 26.3 Å². The van der Waals surface area contributed by atoms with Gasteiger partial charge >= 0.3 is 0 Å². The summed E-state index contributed by atoms with van der Waals surface area (Å²) in [4.78, 5) is 11.4. The third kappa shape index (κ3) is 2.03. The molecule has 0 unspecified atom stereocenters. The Balaban J connectivity index is 2.56. The van der Waals surface area contributed by atoms with E-state index in [2.05, 4.69) is 15.9 Å². The summed E-state index contributed by atoms with van der Waals surface area (Å²) in [6, 6.07) is 0. The lowest BCUT2D eigenvalue weighted by Gasteiger charge is -2.31. The molecule has 1 aliphatic rings. The van der Waals surface area contributed by atoms with E-state index in [0.29, 0.717) is 11.1 Å². The van der Waals surface area contributed by atoms with Crippen molar-refractivity contribution in [2.24, 2.45) is 5.41 Å². The van der Waals surface area contributed by atoms with Crippen LogP contribution in [0.2, 0.25) is 0 Å². The first-order chi connectivity index (χ1) is 5.19. The van der Waals surface area contributed by atoms with E-state index >= 15 is 0 Å². The number of hydrogen-bond donors (Lipinski definition) is 0. The van der Waals surface area contributed by atoms with Gasteiger partial charge < -0.3 is 4.74 Å². The fourth-order valence-corrected chi connectivity index (χ4v) is 1.94. The molecule has 0 saturated carbocycles. The number of hydrogen-bond acceptors (Lipinski definition) is 2. The Hall–Kier alpha value is 0.110. The van der Waals surface area contributed by atoms with E-state index in [1.54, 1.807) is 0 Å². The molecule has 0 aliphatic carbocycles. The predicted molar refractivity (Wildman–Crippen MR) is 47.0 cm³/mol. The van der Waals surface area contributed by atoms with Crippen molar-refractivity contribution in [1.82, 2.24) is 0 Å². The van der Waals surface area contributed by atoms with E-state index in [4.69, 9.17) is 4.74 Å². The van der Waals surface area contributed by atoms with Crippen LogP contribution in [0.4, 0.5) is 0 Å². The molecule has 64 valence electrons. The van der Waals surface area contributed by atoms with Gasteiger partial charge in [-0.05, 0) is 12.8 Å². The van der Waals surface area contributed by atoms with Crippen LogP contribution in [0, 0.1) is 5.41 Å². The maximum atomic E-state index is 11.4. The van der Waals surface area contributed by atoms with Gasteiger partial charge in [0.2, 0.25) is 0 Å². The SMILES string of the molecule is CC1(C(=O)CBr)CCOCC1. The number of ketones is 1. The Kier molecular flexibility index (Phi) is 3.07. The maximum absolute atomic E-state index is 11.4. The lowest BCUT2D eigenvalue weighted by Crippen LogP contribution is -2.35. The molecule has 0 amide bonds. The third-order valence-electron chi connectivity index (χ3n) is 2.39.